The van der Waals surface area contributed by atoms with Gasteiger partial charge in [0.1, 0.15) is 24.3 Å². The number of aliphatic imine (C=N–C) groups is 2. The van der Waals surface area contributed by atoms with Gasteiger partial charge in [-0.15, -0.1) is 10.2 Å². The Labute approximate surface area is 362 Å². The summed E-state index contributed by atoms with van der Waals surface area (Å²) in [5, 5.41) is 21.1. The van der Waals surface area contributed by atoms with E-state index in [1.807, 2.05) is 27.1 Å². The van der Waals surface area contributed by atoms with Crippen LogP contribution in [0.1, 0.15) is 58.3 Å². The van der Waals surface area contributed by atoms with Crippen molar-refractivity contribution in [1.29, 1.82) is 0 Å². The van der Waals surface area contributed by atoms with E-state index in [0.717, 1.165) is 59.7 Å². The zero-order valence-corrected chi connectivity index (χ0v) is 36.0. The van der Waals surface area contributed by atoms with Crippen LogP contribution in [0.15, 0.2) is 128 Å². The van der Waals surface area contributed by atoms with Crippen molar-refractivity contribution in [1.82, 2.24) is 29.5 Å². The summed E-state index contributed by atoms with van der Waals surface area (Å²) in [6.07, 6.45) is 16.5. The molecule has 0 unspecified atom stereocenters. The topological polar surface area (TPSA) is 185 Å². The number of hydrogen-bond acceptors (Lipinski definition) is 13. The number of fused-ring (bicyclic) bond motifs is 2. The molecule has 4 aromatic rings. The Hall–Kier alpha value is -5.39. The van der Waals surface area contributed by atoms with Crippen molar-refractivity contribution >= 4 is 52.3 Å². The van der Waals surface area contributed by atoms with Gasteiger partial charge in [-0.3, -0.25) is 14.2 Å². The first-order valence-corrected chi connectivity index (χ1v) is 22.0. The molecule has 17 heteroatoms. The lowest BCUT2D eigenvalue weighted by atomic mass is 9.63. The Bertz CT molecular complexity index is 2410. The molecule has 5 N–H and O–H groups in total. The number of benzene rings is 2. The Morgan fingerprint density at radius 3 is 1.79 bits per heavy atom. The van der Waals surface area contributed by atoms with Gasteiger partial charge in [-0.05, 0) is 143 Å². The largest absolute Gasteiger partial charge is 0.465 e. The lowest BCUT2D eigenvalue weighted by molar-refractivity contribution is -0.154. The molecule has 4 atom stereocenters. The lowest BCUT2D eigenvalue weighted by Gasteiger charge is -2.44. The number of halogens is 2. The van der Waals surface area contributed by atoms with E-state index in [9.17, 15) is 18.7 Å². The van der Waals surface area contributed by atoms with Gasteiger partial charge in [-0.25, -0.2) is 28.7 Å². The van der Waals surface area contributed by atoms with Crippen LogP contribution in [0.5, 0.6) is 0 Å². The van der Waals surface area contributed by atoms with Gasteiger partial charge < -0.3 is 21.3 Å². The fraction of sp³-hybridized carbons (Fsp3) is 0.386. The second-order valence-corrected chi connectivity index (χ2v) is 18.2. The number of hydrogen-bond donors (Lipinski definition) is 3. The number of ether oxygens (including phenoxy) is 1. The summed E-state index contributed by atoms with van der Waals surface area (Å²) in [6.45, 7) is 2.19. The molecule has 0 spiro atoms. The van der Waals surface area contributed by atoms with Crippen LogP contribution in [-0.4, -0.2) is 75.7 Å². The third kappa shape index (κ3) is 10.1. The van der Waals surface area contributed by atoms with Crippen molar-refractivity contribution in [3.63, 3.8) is 0 Å². The van der Waals surface area contributed by atoms with Crippen molar-refractivity contribution < 1.29 is 23.4 Å². The molecule has 2 aromatic carbocycles. The molecule has 61 heavy (non-hydrogen) atoms. The number of aromatic nitrogens is 6. The van der Waals surface area contributed by atoms with Crippen LogP contribution in [0.25, 0.3) is 0 Å². The van der Waals surface area contributed by atoms with Gasteiger partial charge in [0, 0.05) is 30.0 Å². The molecule has 2 fully saturated rings. The fourth-order valence-corrected chi connectivity index (χ4v) is 10.9. The molecule has 0 aliphatic heterocycles. The SMILES string of the molecule is CCOC(=O)[C@]12CC(=CN)C(=Nc3ccc(F)cc3)C=C1CC[C@H](Sc1ncn(C)n1)C2.Cn1cnc(S[C@H]2CCC3=CC(=Nc4ccc(F)cc4)C(=CN)C[C@]3(CO)C2)n1. The zero-order chi connectivity index (χ0) is 43.1. The summed E-state index contributed by atoms with van der Waals surface area (Å²) in [6, 6.07) is 12.1. The summed E-state index contributed by atoms with van der Waals surface area (Å²) in [5.41, 5.74) is 17.5. The molecule has 2 aromatic heterocycles. The number of esters is 1. The number of nitrogens with two attached hydrogens (primary N) is 2. The Morgan fingerprint density at radius 1 is 0.820 bits per heavy atom. The maximum absolute atomic E-state index is 13.3. The van der Waals surface area contributed by atoms with Crippen LogP contribution >= 0.6 is 23.5 Å². The molecule has 0 radical (unpaired) electrons. The van der Waals surface area contributed by atoms with E-state index >= 15 is 0 Å². The van der Waals surface area contributed by atoms with Gasteiger partial charge in [0.15, 0.2) is 0 Å². The number of carbonyl (C=O) groups is 1. The molecule has 13 nitrogen and oxygen atoms in total. The number of allylic oxidation sites excluding steroid dienone is 4. The van der Waals surface area contributed by atoms with Crippen LogP contribution in [0.2, 0.25) is 0 Å². The summed E-state index contributed by atoms with van der Waals surface area (Å²) in [7, 11) is 3.69. The van der Waals surface area contributed by atoms with Gasteiger partial charge in [-0.2, -0.15) is 0 Å². The number of aliphatic hydroxyl groups excluding tert-OH is 1. The molecule has 8 rings (SSSR count). The number of aryl methyl sites for hydroxylation is 2. The lowest BCUT2D eigenvalue weighted by Crippen LogP contribution is -2.44. The van der Waals surface area contributed by atoms with E-state index in [-0.39, 0.29) is 34.9 Å². The van der Waals surface area contributed by atoms with E-state index in [2.05, 4.69) is 36.2 Å². The molecular formula is C44H50F2N10O3S2. The summed E-state index contributed by atoms with van der Waals surface area (Å²) in [4.78, 5) is 31.2. The molecule has 0 bridgehead atoms. The maximum atomic E-state index is 13.3. The smallest absolute Gasteiger partial charge is 0.316 e. The van der Waals surface area contributed by atoms with Crippen LogP contribution in [0, 0.1) is 22.5 Å². The number of rotatable bonds is 9. The standard InChI is InChI=1S/C23H26FN5O2S.C21H24FN5OS/c1-3-31-21(30)23-11-15(13-25)20(27-18-7-5-17(24)6-8-18)10-16(23)4-9-19(12-23)32-22-26-14-29(2)28-22;1-27-13-24-20(26-27)29-18-7-2-15-8-19(25-17-5-3-16(22)4-6-17)14(11-23)9-21(15,10-18)12-28/h5-8,10,13-14,19H,3-4,9,11-12,25H2,1-2H3;3-6,8,11,13,18,28H,2,7,9-10,12,23H2,1H3/t19-,23-;18-,21+/m00/s1. The van der Waals surface area contributed by atoms with Gasteiger partial charge in [0.05, 0.1) is 41.4 Å². The Kier molecular flexibility index (Phi) is 13.7. The van der Waals surface area contributed by atoms with Gasteiger partial charge in [-0.1, -0.05) is 34.7 Å². The number of carbonyl (C=O) groups excluding carboxylic acids is 1. The Balaban J connectivity index is 0.000000185. The second-order valence-electron chi connectivity index (χ2n) is 15.6. The number of thioether (sulfide) groups is 2. The van der Waals surface area contributed by atoms with Crippen molar-refractivity contribution in [2.45, 2.75) is 79.1 Å². The molecule has 320 valence electrons. The first kappa shape index (κ1) is 43.7. The third-order valence-corrected chi connectivity index (χ3v) is 13.8. The number of nitrogens with zero attached hydrogens (tertiary/aromatic N) is 8. The summed E-state index contributed by atoms with van der Waals surface area (Å²) in [5.74, 6) is -0.834. The van der Waals surface area contributed by atoms with E-state index in [1.165, 1.54) is 36.0 Å². The highest BCUT2D eigenvalue weighted by Crippen LogP contribution is 2.53. The van der Waals surface area contributed by atoms with Gasteiger partial charge >= 0.3 is 5.97 Å². The third-order valence-electron chi connectivity index (χ3n) is 11.5. The fourth-order valence-electron chi connectivity index (χ4n) is 8.45. The van der Waals surface area contributed by atoms with Crippen molar-refractivity contribution in [3.05, 3.63) is 120 Å². The quantitative estimate of drug-likeness (QED) is 0.141. The molecule has 4 aliphatic carbocycles. The summed E-state index contributed by atoms with van der Waals surface area (Å²) >= 11 is 3.26. The van der Waals surface area contributed by atoms with Crippen LogP contribution < -0.4 is 11.5 Å². The molecule has 4 aliphatic rings. The van der Waals surface area contributed by atoms with Crippen molar-refractivity contribution in [2.24, 2.45) is 46.4 Å². The molecular weight excluding hydrogens is 819 g/mol. The highest BCUT2D eigenvalue weighted by Gasteiger charge is 2.51. The monoisotopic (exact) mass is 868 g/mol. The number of aliphatic hydroxyl groups is 1. The highest BCUT2D eigenvalue weighted by molar-refractivity contribution is 8.00. The maximum Gasteiger partial charge on any atom is 0.316 e. The summed E-state index contributed by atoms with van der Waals surface area (Å²) < 4.78 is 35.4. The van der Waals surface area contributed by atoms with Crippen LogP contribution in [0.3, 0.4) is 0 Å². The van der Waals surface area contributed by atoms with Crippen molar-refractivity contribution in [2.75, 3.05) is 13.2 Å². The van der Waals surface area contributed by atoms with E-state index in [1.54, 1.807) is 76.0 Å². The minimum Gasteiger partial charge on any atom is -0.465 e. The average molecular weight is 869 g/mol. The minimum absolute atomic E-state index is 0.0622. The molecule has 2 heterocycles. The van der Waals surface area contributed by atoms with Gasteiger partial charge in [0.25, 0.3) is 0 Å². The van der Waals surface area contributed by atoms with E-state index in [0.29, 0.717) is 53.4 Å². The van der Waals surface area contributed by atoms with Crippen LogP contribution in [-0.2, 0) is 23.6 Å². The highest BCUT2D eigenvalue weighted by atomic mass is 32.2. The first-order chi connectivity index (χ1) is 29.4. The van der Waals surface area contributed by atoms with Crippen LogP contribution in [0.4, 0.5) is 20.2 Å². The minimum atomic E-state index is -0.784. The first-order valence-electron chi connectivity index (χ1n) is 20.2. The predicted molar refractivity (Wildman–Crippen MR) is 235 cm³/mol. The van der Waals surface area contributed by atoms with E-state index in [4.69, 9.17) is 16.2 Å². The molecule has 0 amide bonds. The average Bonchev–Trinajstić information content (AvgIpc) is 3.88. The second kappa shape index (κ2) is 19.1. The molecule has 0 saturated heterocycles. The Morgan fingerprint density at radius 2 is 1.31 bits per heavy atom. The van der Waals surface area contributed by atoms with Gasteiger partial charge in [0.2, 0.25) is 10.3 Å². The molecule has 2 saturated carbocycles. The normalized spacial score (nSPS) is 26.3. The predicted octanol–water partition coefficient (Wildman–Crippen LogP) is 7.62. The zero-order valence-electron chi connectivity index (χ0n) is 34.4. The van der Waals surface area contributed by atoms with E-state index < -0.39 is 5.41 Å². The van der Waals surface area contributed by atoms with Crippen molar-refractivity contribution in [3.8, 4) is 0 Å².